The number of hydrogen-bond donors (Lipinski definition) is 1. The Morgan fingerprint density at radius 2 is 1.86 bits per heavy atom. The maximum atomic E-state index is 12.8. The lowest BCUT2D eigenvalue weighted by Crippen LogP contribution is -2.39. The molecule has 0 aliphatic carbocycles. The number of benzene rings is 1. The predicted molar refractivity (Wildman–Crippen MR) is 117 cm³/mol. The van der Waals surface area contributed by atoms with Gasteiger partial charge in [-0.3, -0.25) is 0 Å². The number of ether oxygens (including phenoxy) is 1. The molecule has 1 saturated heterocycles. The third-order valence-corrected chi connectivity index (χ3v) is 5.30. The quantitative estimate of drug-likeness (QED) is 0.771. The fourth-order valence-corrected chi connectivity index (χ4v) is 3.97. The summed E-state index contributed by atoms with van der Waals surface area (Å²) in [5.41, 5.74) is 4.29. The van der Waals surface area contributed by atoms with E-state index in [1.807, 2.05) is 46.8 Å². The van der Waals surface area contributed by atoms with Crippen LogP contribution in [0.15, 0.2) is 24.4 Å². The summed E-state index contributed by atoms with van der Waals surface area (Å²) in [5.74, 6) is 0.675. The molecule has 3 rings (SSSR count). The van der Waals surface area contributed by atoms with Crippen LogP contribution < -0.4 is 10.2 Å². The zero-order chi connectivity index (χ0) is 21.2. The van der Waals surface area contributed by atoms with E-state index in [-0.39, 0.29) is 5.97 Å². The van der Waals surface area contributed by atoms with Gasteiger partial charge in [-0.1, -0.05) is 6.07 Å². The lowest BCUT2D eigenvalue weighted by molar-refractivity contribution is 0.00680. The number of hydrogen-bond acceptors (Lipinski definition) is 6. The van der Waals surface area contributed by atoms with Crippen molar-refractivity contribution in [2.24, 2.45) is 0 Å². The molecule has 0 radical (unpaired) electrons. The molecule has 2 heterocycles. The number of carbonyl (C=O) groups is 1. The van der Waals surface area contributed by atoms with Crippen LogP contribution in [0.4, 0.5) is 11.5 Å². The molecule has 0 unspecified atom stereocenters. The number of carbonyl (C=O) groups excluding carboxylic acids is 1. The van der Waals surface area contributed by atoms with Crippen molar-refractivity contribution in [1.29, 1.82) is 0 Å². The van der Waals surface area contributed by atoms with Gasteiger partial charge < -0.3 is 15.0 Å². The maximum Gasteiger partial charge on any atom is 0.339 e. The average Bonchev–Trinajstić information content (AvgIpc) is 2.65. The van der Waals surface area contributed by atoms with E-state index in [9.17, 15) is 4.79 Å². The van der Waals surface area contributed by atoms with Gasteiger partial charge >= 0.3 is 5.97 Å². The molecule has 0 spiro atoms. The Hall–Kier alpha value is -2.63. The third kappa shape index (κ3) is 5.05. The zero-order valence-corrected chi connectivity index (χ0v) is 18.4. The van der Waals surface area contributed by atoms with Gasteiger partial charge in [0, 0.05) is 31.0 Å². The van der Waals surface area contributed by atoms with E-state index in [2.05, 4.69) is 33.4 Å². The van der Waals surface area contributed by atoms with E-state index in [1.165, 1.54) is 0 Å². The molecular formula is C23H32N4O2. The van der Waals surface area contributed by atoms with E-state index in [0.29, 0.717) is 11.6 Å². The highest BCUT2D eigenvalue weighted by Gasteiger charge is 2.25. The van der Waals surface area contributed by atoms with Gasteiger partial charge in [0.25, 0.3) is 0 Å². The molecule has 1 fully saturated rings. The van der Waals surface area contributed by atoms with Crippen LogP contribution in [0.5, 0.6) is 0 Å². The molecule has 0 saturated carbocycles. The van der Waals surface area contributed by atoms with Gasteiger partial charge in [-0.2, -0.15) is 5.10 Å². The summed E-state index contributed by atoms with van der Waals surface area (Å²) in [5, 5.41) is 11.9. The number of piperidine rings is 1. The Kier molecular flexibility index (Phi) is 6.10. The molecular weight excluding hydrogens is 364 g/mol. The number of aromatic nitrogens is 2. The number of anilines is 2. The van der Waals surface area contributed by atoms with Crippen LogP contribution in [0.1, 0.15) is 60.7 Å². The Morgan fingerprint density at radius 3 is 2.45 bits per heavy atom. The highest BCUT2D eigenvalue weighted by atomic mass is 16.6. The standard InChI is InChI=1S/C23H32N4O2/c1-15-14-16(2)21(17(3)20(15)22(28)29-23(4,5)6)25-18-9-12-27(13-10-18)19-8-7-11-24-26-19/h7-8,11,14,18,25H,9-10,12-13H2,1-6H3. The summed E-state index contributed by atoms with van der Waals surface area (Å²) in [7, 11) is 0. The van der Waals surface area contributed by atoms with Crippen LogP contribution in [0, 0.1) is 20.8 Å². The summed E-state index contributed by atoms with van der Waals surface area (Å²) in [4.78, 5) is 15.1. The van der Waals surface area contributed by atoms with Crippen molar-refractivity contribution in [2.45, 2.75) is 66.0 Å². The SMILES string of the molecule is Cc1cc(C)c(C(=O)OC(C)(C)C)c(C)c1NC1CCN(c2cccnn2)CC1. The van der Waals surface area contributed by atoms with Crippen molar-refractivity contribution in [3.8, 4) is 0 Å². The average molecular weight is 397 g/mol. The fraction of sp³-hybridized carbons (Fsp3) is 0.522. The number of esters is 1. The fourth-order valence-electron chi connectivity index (χ4n) is 3.97. The molecule has 1 aliphatic rings. The smallest absolute Gasteiger partial charge is 0.339 e. The number of nitrogens with one attached hydrogen (secondary N) is 1. The van der Waals surface area contributed by atoms with Gasteiger partial charge in [-0.05, 0) is 83.2 Å². The van der Waals surface area contributed by atoms with Gasteiger partial charge in [-0.25, -0.2) is 4.79 Å². The van der Waals surface area contributed by atoms with Crippen LogP contribution in [0.2, 0.25) is 0 Å². The number of rotatable bonds is 4. The number of aryl methyl sites for hydroxylation is 2. The van der Waals surface area contributed by atoms with Gasteiger partial charge in [0.05, 0.1) is 5.56 Å². The second-order valence-corrected chi connectivity index (χ2v) is 8.87. The second kappa shape index (κ2) is 8.39. The highest BCUT2D eigenvalue weighted by molar-refractivity contribution is 5.95. The molecule has 29 heavy (non-hydrogen) atoms. The Labute approximate surface area is 173 Å². The summed E-state index contributed by atoms with van der Waals surface area (Å²) in [6.07, 6.45) is 3.71. The van der Waals surface area contributed by atoms with Crippen LogP contribution in [-0.4, -0.2) is 40.9 Å². The lowest BCUT2D eigenvalue weighted by atomic mass is 9.95. The molecule has 1 aliphatic heterocycles. The minimum atomic E-state index is -0.512. The van der Waals surface area contributed by atoms with Crippen molar-refractivity contribution in [3.63, 3.8) is 0 Å². The zero-order valence-electron chi connectivity index (χ0n) is 18.4. The van der Waals surface area contributed by atoms with E-state index in [4.69, 9.17) is 4.74 Å². The molecule has 6 heteroatoms. The van der Waals surface area contributed by atoms with Crippen LogP contribution in [0.25, 0.3) is 0 Å². The molecule has 0 amide bonds. The third-order valence-electron chi connectivity index (χ3n) is 5.30. The molecule has 0 atom stereocenters. The molecule has 0 bridgehead atoms. The highest BCUT2D eigenvalue weighted by Crippen LogP contribution is 2.30. The van der Waals surface area contributed by atoms with Crippen LogP contribution >= 0.6 is 0 Å². The Bertz CT molecular complexity index is 867. The van der Waals surface area contributed by atoms with Gasteiger partial charge in [-0.15, -0.1) is 5.10 Å². The largest absolute Gasteiger partial charge is 0.456 e. The molecule has 6 nitrogen and oxygen atoms in total. The topological polar surface area (TPSA) is 67.3 Å². The minimum absolute atomic E-state index is 0.256. The first-order valence-electron chi connectivity index (χ1n) is 10.3. The first kappa shape index (κ1) is 21.1. The lowest BCUT2D eigenvalue weighted by Gasteiger charge is -2.34. The molecule has 1 aromatic heterocycles. The normalized spacial score (nSPS) is 15.3. The van der Waals surface area contributed by atoms with Gasteiger partial charge in [0.1, 0.15) is 5.60 Å². The predicted octanol–water partition coefficient (Wildman–Crippen LogP) is 4.44. The van der Waals surface area contributed by atoms with Crippen LogP contribution in [0.3, 0.4) is 0 Å². The van der Waals surface area contributed by atoms with Gasteiger partial charge in [0.15, 0.2) is 5.82 Å². The summed E-state index contributed by atoms with van der Waals surface area (Å²) < 4.78 is 5.65. The summed E-state index contributed by atoms with van der Waals surface area (Å²) in [6.45, 7) is 13.6. The molecule has 1 aromatic carbocycles. The van der Waals surface area contributed by atoms with E-state index < -0.39 is 5.60 Å². The molecule has 1 N–H and O–H groups in total. The molecule has 2 aromatic rings. The Morgan fingerprint density at radius 1 is 1.17 bits per heavy atom. The first-order chi connectivity index (χ1) is 13.7. The van der Waals surface area contributed by atoms with Gasteiger partial charge in [0.2, 0.25) is 0 Å². The van der Waals surface area contributed by atoms with E-state index in [1.54, 1.807) is 6.20 Å². The first-order valence-corrected chi connectivity index (χ1v) is 10.3. The van der Waals surface area contributed by atoms with E-state index in [0.717, 1.165) is 54.1 Å². The summed E-state index contributed by atoms with van der Waals surface area (Å²) in [6, 6.07) is 6.35. The van der Waals surface area contributed by atoms with E-state index >= 15 is 0 Å². The van der Waals surface area contributed by atoms with Crippen molar-refractivity contribution in [2.75, 3.05) is 23.3 Å². The summed E-state index contributed by atoms with van der Waals surface area (Å²) >= 11 is 0. The van der Waals surface area contributed by atoms with Crippen molar-refractivity contribution in [1.82, 2.24) is 10.2 Å². The van der Waals surface area contributed by atoms with Crippen molar-refractivity contribution < 1.29 is 9.53 Å². The molecule has 156 valence electrons. The van der Waals surface area contributed by atoms with Crippen molar-refractivity contribution >= 4 is 17.5 Å². The number of nitrogens with zero attached hydrogens (tertiary/aromatic N) is 3. The maximum absolute atomic E-state index is 12.8. The Balaban J connectivity index is 1.74. The monoisotopic (exact) mass is 396 g/mol. The second-order valence-electron chi connectivity index (χ2n) is 8.87. The van der Waals surface area contributed by atoms with Crippen LogP contribution in [-0.2, 0) is 4.74 Å². The van der Waals surface area contributed by atoms with Crippen molar-refractivity contribution in [3.05, 3.63) is 46.6 Å². The minimum Gasteiger partial charge on any atom is -0.456 e.